The van der Waals surface area contributed by atoms with Crippen molar-refractivity contribution in [3.8, 4) is 0 Å². The number of methoxy groups -OCH3 is 1. The number of piperazine rings is 1. The molecular formula is C17H24N6O. The maximum atomic E-state index is 5.02. The Labute approximate surface area is 142 Å². The van der Waals surface area contributed by atoms with Crippen molar-refractivity contribution in [2.45, 2.75) is 6.92 Å². The normalized spacial score (nSPS) is 14.8. The van der Waals surface area contributed by atoms with E-state index in [1.54, 1.807) is 13.3 Å². The molecule has 1 aromatic carbocycles. The van der Waals surface area contributed by atoms with Gasteiger partial charge < -0.3 is 19.9 Å². The highest BCUT2D eigenvalue weighted by Gasteiger charge is 2.19. The number of benzene rings is 1. The van der Waals surface area contributed by atoms with Gasteiger partial charge in [-0.2, -0.15) is 10.1 Å². The summed E-state index contributed by atoms with van der Waals surface area (Å²) < 4.78 is 5.02. The van der Waals surface area contributed by atoms with Crippen LogP contribution >= 0.6 is 0 Å². The van der Waals surface area contributed by atoms with Crippen LogP contribution in [0.5, 0.6) is 0 Å². The van der Waals surface area contributed by atoms with Gasteiger partial charge in [0, 0.05) is 45.5 Å². The van der Waals surface area contributed by atoms with Gasteiger partial charge in [0.2, 0.25) is 5.95 Å². The number of anilines is 3. The van der Waals surface area contributed by atoms with Gasteiger partial charge in [0.1, 0.15) is 0 Å². The lowest BCUT2D eigenvalue weighted by molar-refractivity contribution is 0.210. The second-order valence-electron chi connectivity index (χ2n) is 5.87. The molecule has 0 saturated carbocycles. The first-order valence-corrected chi connectivity index (χ1v) is 8.25. The van der Waals surface area contributed by atoms with Crippen molar-refractivity contribution in [2.24, 2.45) is 0 Å². The first-order valence-electron chi connectivity index (χ1n) is 8.25. The van der Waals surface area contributed by atoms with Gasteiger partial charge in [0.25, 0.3) is 0 Å². The standard InChI is InChI=1S/C17H24N6O/c1-14-4-3-5-15(12-14)22-7-9-23(10-8-22)16-13-19-21-17(20-16)18-6-11-24-2/h3-5,12-13H,6-11H2,1-2H3,(H,18,20,21). The zero-order valence-electron chi connectivity index (χ0n) is 14.3. The van der Waals surface area contributed by atoms with Crippen LogP contribution in [0.2, 0.25) is 0 Å². The molecule has 0 amide bonds. The Morgan fingerprint density at radius 1 is 1.17 bits per heavy atom. The molecule has 1 fully saturated rings. The summed E-state index contributed by atoms with van der Waals surface area (Å²) in [4.78, 5) is 9.21. The molecule has 1 saturated heterocycles. The van der Waals surface area contributed by atoms with E-state index in [4.69, 9.17) is 4.74 Å². The highest BCUT2D eigenvalue weighted by atomic mass is 16.5. The molecule has 7 nitrogen and oxygen atoms in total. The molecule has 1 aliphatic heterocycles. The molecule has 0 unspecified atom stereocenters. The number of nitrogens with zero attached hydrogens (tertiary/aromatic N) is 5. The number of rotatable bonds is 6. The summed E-state index contributed by atoms with van der Waals surface area (Å²) in [5.41, 5.74) is 2.58. The third kappa shape index (κ3) is 4.11. The Morgan fingerprint density at radius 2 is 1.96 bits per heavy atom. The van der Waals surface area contributed by atoms with E-state index in [0.717, 1.165) is 32.0 Å². The van der Waals surface area contributed by atoms with Crippen LogP contribution in [0.15, 0.2) is 30.5 Å². The summed E-state index contributed by atoms with van der Waals surface area (Å²) in [5.74, 6) is 1.42. The van der Waals surface area contributed by atoms with Crippen LogP contribution in [-0.4, -0.2) is 61.6 Å². The Balaban J connectivity index is 1.59. The molecule has 2 aromatic rings. The first kappa shape index (κ1) is 16.4. The third-order valence-corrected chi connectivity index (χ3v) is 4.11. The fraction of sp³-hybridized carbons (Fsp3) is 0.471. The minimum atomic E-state index is 0.547. The second kappa shape index (κ2) is 7.92. The molecular weight excluding hydrogens is 304 g/mol. The lowest BCUT2D eigenvalue weighted by atomic mass is 10.2. The second-order valence-corrected chi connectivity index (χ2v) is 5.87. The molecule has 0 aliphatic carbocycles. The molecule has 7 heteroatoms. The van der Waals surface area contributed by atoms with E-state index >= 15 is 0 Å². The maximum Gasteiger partial charge on any atom is 0.244 e. The lowest BCUT2D eigenvalue weighted by Gasteiger charge is -2.36. The molecule has 3 rings (SSSR count). The quantitative estimate of drug-likeness (QED) is 0.807. The molecule has 0 atom stereocenters. The zero-order chi connectivity index (χ0) is 16.8. The van der Waals surface area contributed by atoms with Gasteiger partial charge in [-0.25, -0.2) is 0 Å². The third-order valence-electron chi connectivity index (χ3n) is 4.11. The summed E-state index contributed by atoms with van der Waals surface area (Å²) in [6.45, 7) is 7.20. The molecule has 1 aliphatic rings. The Kier molecular flexibility index (Phi) is 5.43. The van der Waals surface area contributed by atoms with E-state index in [0.29, 0.717) is 19.1 Å². The van der Waals surface area contributed by atoms with Crippen LogP contribution in [0.3, 0.4) is 0 Å². The van der Waals surface area contributed by atoms with Gasteiger partial charge in [-0.3, -0.25) is 0 Å². The minimum Gasteiger partial charge on any atom is -0.383 e. The Morgan fingerprint density at radius 3 is 2.71 bits per heavy atom. The Bertz CT molecular complexity index is 657. The van der Waals surface area contributed by atoms with Gasteiger partial charge in [-0.1, -0.05) is 12.1 Å². The molecule has 1 N–H and O–H groups in total. The number of hydrogen-bond donors (Lipinski definition) is 1. The van der Waals surface area contributed by atoms with Gasteiger partial charge in [-0.15, -0.1) is 5.10 Å². The lowest BCUT2D eigenvalue weighted by Crippen LogP contribution is -2.47. The van der Waals surface area contributed by atoms with Crippen molar-refractivity contribution in [2.75, 3.05) is 61.6 Å². The van der Waals surface area contributed by atoms with E-state index < -0.39 is 0 Å². The van der Waals surface area contributed by atoms with Crippen LogP contribution in [0.1, 0.15) is 5.56 Å². The topological polar surface area (TPSA) is 66.4 Å². The molecule has 2 heterocycles. The van der Waals surface area contributed by atoms with Crippen LogP contribution in [0.25, 0.3) is 0 Å². The smallest absolute Gasteiger partial charge is 0.244 e. The summed E-state index contributed by atoms with van der Waals surface area (Å²) in [6, 6.07) is 8.65. The number of aryl methyl sites for hydroxylation is 1. The number of hydrogen-bond acceptors (Lipinski definition) is 7. The van der Waals surface area contributed by atoms with E-state index in [1.807, 2.05) is 0 Å². The fourth-order valence-electron chi connectivity index (χ4n) is 2.81. The highest BCUT2D eigenvalue weighted by Crippen LogP contribution is 2.20. The van der Waals surface area contributed by atoms with E-state index in [9.17, 15) is 0 Å². The average molecular weight is 328 g/mol. The number of nitrogens with one attached hydrogen (secondary N) is 1. The number of aromatic nitrogens is 3. The number of ether oxygens (including phenoxy) is 1. The monoisotopic (exact) mass is 328 g/mol. The summed E-state index contributed by atoms with van der Waals surface area (Å²) in [7, 11) is 1.67. The maximum absolute atomic E-state index is 5.02. The van der Waals surface area contributed by atoms with Gasteiger partial charge >= 0.3 is 0 Å². The molecule has 1 aromatic heterocycles. The Hall–Kier alpha value is -2.41. The van der Waals surface area contributed by atoms with Crippen molar-refractivity contribution < 1.29 is 4.74 Å². The predicted molar refractivity (Wildman–Crippen MR) is 95.8 cm³/mol. The zero-order valence-corrected chi connectivity index (χ0v) is 14.3. The minimum absolute atomic E-state index is 0.547. The van der Waals surface area contributed by atoms with Crippen molar-refractivity contribution in [3.63, 3.8) is 0 Å². The molecule has 0 radical (unpaired) electrons. The summed E-state index contributed by atoms with van der Waals surface area (Å²) >= 11 is 0. The van der Waals surface area contributed by atoms with Gasteiger partial charge in [0.05, 0.1) is 12.8 Å². The molecule has 0 spiro atoms. The summed E-state index contributed by atoms with van der Waals surface area (Å²) in [5, 5.41) is 11.2. The van der Waals surface area contributed by atoms with Gasteiger partial charge in [-0.05, 0) is 24.6 Å². The first-order chi connectivity index (χ1) is 11.8. The average Bonchev–Trinajstić information content (AvgIpc) is 2.62. The summed E-state index contributed by atoms with van der Waals surface area (Å²) in [6.07, 6.45) is 1.73. The van der Waals surface area contributed by atoms with Crippen LogP contribution in [0.4, 0.5) is 17.5 Å². The van der Waals surface area contributed by atoms with Crippen molar-refractivity contribution >= 4 is 17.5 Å². The van der Waals surface area contributed by atoms with E-state index in [1.165, 1.54) is 11.3 Å². The molecule has 0 bridgehead atoms. The predicted octanol–water partition coefficient (Wildman–Crippen LogP) is 1.56. The van der Waals surface area contributed by atoms with Crippen LogP contribution in [0, 0.1) is 6.92 Å². The van der Waals surface area contributed by atoms with Crippen molar-refractivity contribution in [1.82, 2.24) is 15.2 Å². The largest absolute Gasteiger partial charge is 0.383 e. The van der Waals surface area contributed by atoms with E-state index in [-0.39, 0.29) is 0 Å². The van der Waals surface area contributed by atoms with E-state index in [2.05, 4.69) is 61.5 Å². The van der Waals surface area contributed by atoms with Crippen molar-refractivity contribution in [1.29, 1.82) is 0 Å². The highest BCUT2D eigenvalue weighted by molar-refractivity contribution is 5.51. The van der Waals surface area contributed by atoms with Crippen molar-refractivity contribution in [3.05, 3.63) is 36.0 Å². The SMILES string of the molecule is COCCNc1nncc(N2CCN(c3cccc(C)c3)CC2)n1. The van der Waals surface area contributed by atoms with Crippen LogP contribution < -0.4 is 15.1 Å². The molecule has 128 valence electrons. The fourth-order valence-corrected chi connectivity index (χ4v) is 2.81. The van der Waals surface area contributed by atoms with Gasteiger partial charge in [0.15, 0.2) is 5.82 Å². The molecule has 24 heavy (non-hydrogen) atoms. The van der Waals surface area contributed by atoms with Crippen LogP contribution in [-0.2, 0) is 4.74 Å².